The summed E-state index contributed by atoms with van der Waals surface area (Å²) < 4.78 is 34.9. The van der Waals surface area contributed by atoms with Crippen LogP contribution in [0.4, 0.5) is 19.7 Å². The summed E-state index contributed by atoms with van der Waals surface area (Å²) in [6.45, 7) is 2.93. The number of halogens is 3. The molecule has 1 saturated heterocycles. The smallest absolute Gasteiger partial charge is 0.347 e. The second-order valence-corrected chi connectivity index (χ2v) is 9.75. The number of rotatable bonds is 5. The zero-order chi connectivity index (χ0) is 26.0. The van der Waals surface area contributed by atoms with Crippen molar-refractivity contribution < 1.29 is 13.5 Å². The van der Waals surface area contributed by atoms with E-state index in [1.807, 2.05) is 0 Å². The third-order valence-electron chi connectivity index (χ3n) is 5.82. The van der Waals surface area contributed by atoms with Crippen molar-refractivity contribution in [2.45, 2.75) is 12.5 Å². The Labute approximate surface area is 214 Å². The molecular formula is C23H26ClF2N7O2S. The molecule has 4 aromatic rings. The average molecular weight is 538 g/mol. The fraction of sp³-hybridized carbons (Fsp3) is 0.348. The standard InChI is InChI=1S/C17H13ClF2N6OS.C6H13NO/c18-8-5-7-12(25-17(27)26-15(7)23-4-3-21)11(20)10(8)6-1-2-9(19)14-13(6)24-16(22)28-14;1-7-4-3-6(5-7)8-2/h1-2,5H,3-4,21H2,(H2,22,24)(H2,23,25,26,27);6H,3-5H2,1-2H3. The van der Waals surface area contributed by atoms with Gasteiger partial charge in [-0.15, -0.1) is 0 Å². The Kier molecular flexibility index (Phi) is 8.00. The van der Waals surface area contributed by atoms with Crippen molar-refractivity contribution >= 4 is 55.0 Å². The second kappa shape index (κ2) is 11.0. The van der Waals surface area contributed by atoms with E-state index >= 15 is 4.39 Å². The third-order valence-corrected chi connectivity index (χ3v) is 7.01. The van der Waals surface area contributed by atoms with Crippen LogP contribution in [0.5, 0.6) is 0 Å². The quantitative estimate of drug-likeness (QED) is 0.304. The number of aromatic nitrogens is 3. The predicted octanol–water partition coefficient (Wildman–Crippen LogP) is 3.42. The van der Waals surface area contributed by atoms with Gasteiger partial charge in [0.15, 0.2) is 10.9 Å². The molecule has 0 saturated carbocycles. The number of fused-ring (bicyclic) bond motifs is 2. The Balaban J connectivity index is 0.000000325. The monoisotopic (exact) mass is 537 g/mol. The summed E-state index contributed by atoms with van der Waals surface area (Å²) >= 11 is 7.33. The number of nitrogens with two attached hydrogens (primary N) is 2. The number of nitrogen functional groups attached to an aromatic ring is 1. The first-order valence-electron chi connectivity index (χ1n) is 11.2. The van der Waals surface area contributed by atoms with Crippen molar-refractivity contribution in [3.05, 3.63) is 45.3 Å². The van der Waals surface area contributed by atoms with E-state index in [1.165, 1.54) is 31.2 Å². The molecule has 0 amide bonds. The highest BCUT2D eigenvalue weighted by atomic mass is 35.5. The van der Waals surface area contributed by atoms with Crippen LogP contribution in [0.2, 0.25) is 5.02 Å². The van der Waals surface area contributed by atoms with Crippen molar-refractivity contribution in [3.8, 4) is 11.1 Å². The molecule has 13 heteroatoms. The van der Waals surface area contributed by atoms with E-state index in [0.29, 0.717) is 19.2 Å². The number of H-pyrrole nitrogens is 1. The van der Waals surface area contributed by atoms with Crippen molar-refractivity contribution in [2.24, 2.45) is 5.73 Å². The van der Waals surface area contributed by atoms with Gasteiger partial charge < -0.3 is 31.4 Å². The van der Waals surface area contributed by atoms with Crippen LogP contribution >= 0.6 is 22.9 Å². The lowest BCUT2D eigenvalue weighted by Crippen LogP contribution is -2.19. The summed E-state index contributed by atoms with van der Waals surface area (Å²) in [5.41, 5.74) is 10.8. The Morgan fingerprint density at radius 1 is 1.36 bits per heavy atom. The summed E-state index contributed by atoms with van der Waals surface area (Å²) in [7, 11) is 3.91. The number of likely N-dealkylation sites (N-methyl/N-ethyl adjacent to an activating group) is 1. The molecule has 9 nitrogen and oxygen atoms in total. The molecule has 3 heterocycles. The maximum Gasteiger partial charge on any atom is 0.347 e. The summed E-state index contributed by atoms with van der Waals surface area (Å²) in [5, 5.41) is 3.35. The number of hydrogen-bond donors (Lipinski definition) is 4. The van der Waals surface area contributed by atoms with Crippen LogP contribution in [0, 0.1) is 11.6 Å². The van der Waals surface area contributed by atoms with E-state index < -0.39 is 17.3 Å². The summed E-state index contributed by atoms with van der Waals surface area (Å²) in [5.74, 6) is -1.13. The molecule has 192 valence electrons. The first-order valence-corrected chi connectivity index (χ1v) is 12.3. The second-order valence-electron chi connectivity index (χ2n) is 8.31. The molecule has 1 atom stereocenters. The molecule has 1 aliphatic rings. The van der Waals surface area contributed by atoms with Crippen LogP contribution < -0.4 is 22.5 Å². The van der Waals surface area contributed by atoms with Gasteiger partial charge in [-0.3, -0.25) is 0 Å². The van der Waals surface area contributed by atoms with Crippen LogP contribution in [0.25, 0.3) is 32.2 Å². The fourth-order valence-corrected chi connectivity index (χ4v) is 5.14. The average Bonchev–Trinajstić information content (AvgIpc) is 3.45. The lowest BCUT2D eigenvalue weighted by Gasteiger charge is -2.13. The van der Waals surface area contributed by atoms with Crippen LogP contribution in [-0.4, -0.2) is 66.3 Å². The van der Waals surface area contributed by atoms with Gasteiger partial charge in [0.05, 0.1) is 26.9 Å². The van der Waals surface area contributed by atoms with Crippen LogP contribution in [0.1, 0.15) is 6.42 Å². The number of nitrogens with one attached hydrogen (secondary N) is 2. The van der Waals surface area contributed by atoms with Crippen LogP contribution in [0.15, 0.2) is 23.0 Å². The van der Waals surface area contributed by atoms with Gasteiger partial charge in [-0.25, -0.2) is 18.6 Å². The van der Waals surface area contributed by atoms with E-state index in [-0.39, 0.29) is 48.2 Å². The van der Waals surface area contributed by atoms with Crippen LogP contribution in [0.3, 0.4) is 0 Å². The highest BCUT2D eigenvalue weighted by molar-refractivity contribution is 7.22. The minimum atomic E-state index is -0.780. The van der Waals surface area contributed by atoms with E-state index in [4.69, 9.17) is 27.8 Å². The molecule has 1 fully saturated rings. The third kappa shape index (κ3) is 5.27. The van der Waals surface area contributed by atoms with Gasteiger partial charge in [0.25, 0.3) is 0 Å². The Hall–Kier alpha value is -2.90. The molecule has 2 aromatic heterocycles. The van der Waals surface area contributed by atoms with Gasteiger partial charge in [0, 0.05) is 49.8 Å². The molecule has 1 aliphatic heterocycles. The molecule has 0 spiro atoms. The van der Waals surface area contributed by atoms with Gasteiger partial charge in [-0.05, 0) is 31.7 Å². The van der Waals surface area contributed by atoms with E-state index in [0.717, 1.165) is 17.9 Å². The van der Waals surface area contributed by atoms with Crippen LogP contribution in [-0.2, 0) is 4.74 Å². The first-order chi connectivity index (χ1) is 17.2. The summed E-state index contributed by atoms with van der Waals surface area (Å²) in [6.07, 6.45) is 1.70. The Bertz CT molecular complexity index is 1460. The molecule has 5 rings (SSSR count). The van der Waals surface area contributed by atoms with Crippen molar-refractivity contribution in [2.75, 3.05) is 51.4 Å². The number of aromatic amines is 1. The number of nitrogens with zero attached hydrogens (tertiary/aromatic N) is 3. The molecular weight excluding hydrogens is 512 g/mol. The number of benzene rings is 2. The largest absolute Gasteiger partial charge is 0.380 e. The number of likely N-dealkylation sites (tertiary alicyclic amines) is 1. The van der Waals surface area contributed by atoms with Gasteiger partial charge in [-0.2, -0.15) is 4.98 Å². The highest BCUT2D eigenvalue weighted by Gasteiger charge is 2.22. The van der Waals surface area contributed by atoms with E-state index in [2.05, 4.69) is 32.2 Å². The molecule has 0 radical (unpaired) electrons. The van der Waals surface area contributed by atoms with Gasteiger partial charge in [-0.1, -0.05) is 22.9 Å². The van der Waals surface area contributed by atoms with Crippen molar-refractivity contribution in [1.82, 2.24) is 19.9 Å². The maximum absolute atomic E-state index is 15.4. The molecule has 0 bridgehead atoms. The normalized spacial score (nSPS) is 15.9. The summed E-state index contributed by atoms with van der Waals surface area (Å²) in [6, 6.07) is 4.04. The van der Waals surface area contributed by atoms with Gasteiger partial charge in [0.2, 0.25) is 0 Å². The molecule has 0 aliphatic carbocycles. The lowest BCUT2D eigenvalue weighted by atomic mass is 10.0. The van der Waals surface area contributed by atoms with Crippen molar-refractivity contribution in [1.29, 1.82) is 0 Å². The predicted molar refractivity (Wildman–Crippen MR) is 141 cm³/mol. The Morgan fingerprint density at radius 3 is 2.78 bits per heavy atom. The zero-order valence-corrected chi connectivity index (χ0v) is 21.3. The van der Waals surface area contributed by atoms with E-state index in [1.54, 1.807) is 7.11 Å². The van der Waals surface area contributed by atoms with Crippen molar-refractivity contribution in [3.63, 3.8) is 0 Å². The minimum absolute atomic E-state index is 0.0175. The number of ether oxygens (including phenoxy) is 1. The Morgan fingerprint density at radius 2 is 2.14 bits per heavy atom. The molecule has 1 unspecified atom stereocenters. The van der Waals surface area contributed by atoms with Gasteiger partial charge >= 0.3 is 5.69 Å². The maximum atomic E-state index is 15.4. The van der Waals surface area contributed by atoms with E-state index in [9.17, 15) is 9.18 Å². The number of thiazole rings is 1. The number of anilines is 2. The molecule has 2 aromatic carbocycles. The first kappa shape index (κ1) is 26.2. The fourth-order valence-electron chi connectivity index (χ4n) is 4.08. The minimum Gasteiger partial charge on any atom is -0.380 e. The highest BCUT2D eigenvalue weighted by Crippen LogP contribution is 2.41. The number of hydrogen-bond acceptors (Lipinski definition) is 9. The lowest BCUT2D eigenvalue weighted by molar-refractivity contribution is 0.111. The number of methoxy groups -OCH3 is 1. The molecule has 36 heavy (non-hydrogen) atoms. The summed E-state index contributed by atoms with van der Waals surface area (Å²) in [4.78, 5) is 24.5. The topological polar surface area (TPSA) is 135 Å². The van der Waals surface area contributed by atoms with Gasteiger partial charge in [0.1, 0.15) is 11.6 Å². The zero-order valence-electron chi connectivity index (χ0n) is 19.7. The molecule has 6 N–H and O–H groups in total. The SMILES string of the molecule is COC1CCN(C)C1.NCCNc1nc(=O)[nH]c2c(F)c(-c3ccc(F)c4sc(N)nc34)c(Cl)cc12.